The van der Waals surface area contributed by atoms with Gasteiger partial charge in [-0.25, -0.2) is 4.98 Å². The fourth-order valence-electron chi connectivity index (χ4n) is 3.69. The normalized spacial score (nSPS) is 14.2. The SMILES string of the molecule is COc1ccc2c(N)c(C(=O)NCCc3ccc(N4CCCCC4)cc3)sc2n1. The average Bonchev–Trinajstić information content (AvgIpc) is 3.10. The third kappa shape index (κ3) is 4.29. The molecule has 0 radical (unpaired) electrons. The number of benzene rings is 1. The highest BCUT2D eigenvalue weighted by atomic mass is 32.1. The van der Waals surface area contributed by atoms with E-state index in [0.717, 1.165) is 24.9 Å². The summed E-state index contributed by atoms with van der Waals surface area (Å²) >= 11 is 1.29. The van der Waals surface area contributed by atoms with Crippen LogP contribution in [0.15, 0.2) is 36.4 Å². The van der Waals surface area contributed by atoms with Gasteiger partial charge < -0.3 is 20.7 Å². The van der Waals surface area contributed by atoms with Gasteiger partial charge in [-0.2, -0.15) is 0 Å². The number of aromatic nitrogens is 1. The molecule has 29 heavy (non-hydrogen) atoms. The highest BCUT2D eigenvalue weighted by Gasteiger charge is 2.17. The second-order valence-electron chi connectivity index (χ2n) is 7.27. The first-order valence-electron chi connectivity index (χ1n) is 10.0. The number of carbonyl (C=O) groups excluding carboxylic acids is 1. The molecule has 0 atom stereocenters. The summed E-state index contributed by atoms with van der Waals surface area (Å²) in [7, 11) is 1.57. The summed E-state index contributed by atoms with van der Waals surface area (Å²) in [5, 5.41) is 3.76. The molecule has 1 saturated heterocycles. The Kier molecular flexibility index (Phi) is 5.85. The van der Waals surface area contributed by atoms with Crippen LogP contribution in [-0.4, -0.2) is 37.6 Å². The Labute approximate surface area is 174 Å². The Morgan fingerprint density at radius 2 is 1.93 bits per heavy atom. The molecule has 2 aromatic heterocycles. The van der Waals surface area contributed by atoms with Crippen molar-refractivity contribution in [3.8, 4) is 5.88 Å². The van der Waals surface area contributed by atoms with E-state index in [1.54, 1.807) is 13.2 Å². The zero-order chi connectivity index (χ0) is 20.2. The first-order valence-corrected chi connectivity index (χ1v) is 10.8. The summed E-state index contributed by atoms with van der Waals surface area (Å²) in [6, 6.07) is 12.3. The molecular weight excluding hydrogens is 384 g/mol. The number of hydrogen-bond acceptors (Lipinski definition) is 6. The number of carbonyl (C=O) groups is 1. The summed E-state index contributed by atoms with van der Waals surface area (Å²) in [4.78, 5) is 20.6. The molecule has 3 heterocycles. The lowest BCUT2D eigenvalue weighted by Gasteiger charge is -2.28. The number of nitrogen functional groups attached to an aromatic ring is 1. The van der Waals surface area contributed by atoms with E-state index in [4.69, 9.17) is 10.5 Å². The van der Waals surface area contributed by atoms with Gasteiger partial charge in [-0.1, -0.05) is 12.1 Å². The number of anilines is 2. The molecule has 6 nitrogen and oxygen atoms in total. The van der Waals surface area contributed by atoms with Crippen molar-refractivity contribution in [3.63, 3.8) is 0 Å². The Morgan fingerprint density at radius 1 is 1.17 bits per heavy atom. The molecule has 0 saturated carbocycles. The molecule has 3 N–H and O–H groups in total. The van der Waals surface area contributed by atoms with Crippen molar-refractivity contribution >= 4 is 38.8 Å². The molecule has 0 unspecified atom stereocenters. The van der Waals surface area contributed by atoms with Gasteiger partial charge in [-0.3, -0.25) is 4.79 Å². The second-order valence-corrected chi connectivity index (χ2v) is 8.27. The number of amides is 1. The van der Waals surface area contributed by atoms with E-state index in [9.17, 15) is 4.79 Å². The smallest absolute Gasteiger partial charge is 0.263 e. The molecule has 1 amide bonds. The Balaban J connectivity index is 1.35. The average molecular weight is 411 g/mol. The van der Waals surface area contributed by atoms with Gasteiger partial charge >= 0.3 is 0 Å². The standard InChI is InChI=1S/C22H26N4O2S/c1-28-18-10-9-17-19(23)20(29-22(17)25-18)21(27)24-12-11-15-5-7-16(8-6-15)26-13-3-2-4-14-26/h5-10H,2-4,11-14,23H2,1H3,(H,24,27). The lowest BCUT2D eigenvalue weighted by atomic mass is 10.1. The number of nitrogens with zero attached hydrogens (tertiary/aromatic N) is 2. The number of fused-ring (bicyclic) bond motifs is 1. The van der Waals surface area contributed by atoms with Crippen LogP contribution >= 0.6 is 11.3 Å². The Bertz CT molecular complexity index is 994. The van der Waals surface area contributed by atoms with Crippen LogP contribution in [0.2, 0.25) is 0 Å². The van der Waals surface area contributed by atoms with E-state index < -0.39 is 0 Å². The van der Waals surface area contributed by atoms with Crippen molar-refractivity contribution in [3.05, 3.63) is 46.8 Å². The van der Waals surface area contributed by atoms with Crippen molar-refractivity contribution < 1.29 is 9.53 Å². The first-order chi connectivity index (χ1) is 14.2. The van der Waals surface area contributed by atoms with Crippen LogP contribution in [0.3, 0.4) is 0 Å². The minimum absolute atomic E-state index is 0.158. The van der Waals surface area contributed by atoms with Crippen LogP contribution in [-0.2, 0) is 6.42 Å². The van der Waals surface area contributed by atoms with E-state index in [1.807, 2.05) is 6.07 Å². The number of hydrogen-bond donors (Lipinski definition) is 2. The van der Waals surface area contributed by atoms with E-state index in [-0.39, 0.29) is 5.91 Å². The summed E-state index contributed by atoms with van der Waals surface area (Å²) in [5.41, 5.74) is 9.14. The summed E-state index contributed by atoms with van der Waals surface area (Å²) < 4.78 is 5.14. The molecule has 0 aliphatic carbocycles. The van der Waals surface area contributed by atoms with E-state index in [0.29, 0.717) is 27.8 Å². The Hall–Kier alpha value is -2.80. The summed E-state index contributed by atoms with van der Waals surface area (Å²) in [5.74, 6) is 0.355. The van der Waals surface area contributed by atoms with Gasteiger partial charge in [0.1, 0.15) is 9.71 Å². The van der Waals surface area contributed by atoms with Gasteiger partial charge in [0.05, 0.1) is 12.8 Å². The maximum Gasteiger partial charge on any atom is 0.263 e. The highest BCUT2D eigenvalue weighted by molar-refractivity contribution is 7.21. The lowest BCUT2D eigenvalue weighted by Crippen LogP contribution is -2.29. The van der Waals surface area contributed by atoms with Gasteiger partial charge in [0.2, 0.25) is 5.88 Å². The number of piperidine rings is 1. The predicted octanol–water partition coefficient (Wildman–Crippen LogP) is 3.85. The van der Waals surface area contributed by atoms with Crippen LogP contribution in [0, 0.1) is 0 Å². The van der Waals surface area contributed by atoms with Gasteiger partial charge in [0.25, 0.3) is 5.91 Å². The van der Waals surface area contributed by atoms with Gasteiger partial charge in [0, 0.05) is 36.8 Å². The fourth-order valence-corrected chi connectivity index (χ4v) is 4.69. The first kappa shape index (κ1) is 19.5. The maximum atomic E-state index is 12.6. The number of rotatable bonds is 6. The highest BCUT2D eigenvalue weighted by Crippen LogP contribution is 2.33. The lowest BCUT2D eigenvalue weighted by molar-refractivity contribution is 0.0959. The van der Waals surface area contributed by atoms with Gasteiger partial charge in [-0.15, -0.1) is 11.3 Å². The van der Waals surface area contributed by atoms with Gasteiger partial charge in [0.15, 0.2) is 0 Å². The summed E-state index contributed by atoms with van der Waals surface area (Å²) in [6.07, 6.45) is 4.67. The van der Waals surface area contributed by atoms with Crippen LogP contribution < -0.4 is 20.7 Å². The Morgan fingerprint density at radius 3 is 2.66 bits per heavy atom. The number of nitrogens with two attached hydrogens (primary N) is 1. The van der Waals surface area contributed by atoms with Crippen molar-refractivity contribution in [2.75, 3.05) is 37.4 Å². The van der Waals surface area contributed by atoms with E-state index in [1.165, 1.54) is 41.9 Å². The number of methoxy groups -OCH3 is 1. The van der Waals surface area contributed by atoms with Crippen LogP contribution in [0.4, 0.5) is 11.4 Å². The van der Waals surface area contributed by atoms with Crippen molar-refractivity contribution in [2.24, 2.45) is 0 Å². The number of ether oxygens (including phenoxy) is 1. The molecule has 152 valence electrons. The molecule has 4 rings (SSSR count). The molecule has 1 aliphatic rings. The predicted molar refractivity (Wildman–Crippen MR) is 119 cm³/mol. The number of pyridine rings is 1. The van der Waals surface area contributed by atoms with E-state index >= 15 is 0 Å². The van der Waals surface area contributed by atoms with Crippen molar-refractivity contribution in [1.29, 1.82) is 0 Å². The topological polar surface area (TPSA) is 80.5 Å². The number of thiophene rings is 1. The van der Waals surface area contributed by atoms with Crippen LogP contribution in [0.25, 0.3) is 10.2 Å². The molecular formula is C22H26N4O2S. The third-order valence-corrected chi connectivity index (χ3v) is 6.45. The third-order valence-electron chi connectivity index (χ3n) is 5.34. The minimum atomic E-state index is -0.158. The minimum Gasteiger partial charge on any atom is -0.481 e. The molecule has 1 fully saturated rings. The largest absolute Gasteiger partial charge is 0.481 e. The zero-order valence-electron chi connectivity index (χ0n) is 16.6. The zero-order valence-corrected chi connectivity index (χ0v) is 17.4. The summed E-state index contributed by atoms with van der Waals surface area (Å²) in [6.45, 7) is 2.85. The fraction of sp³-hybridized carbons (Fsp3) is 0.364. The monoisotopic (exact) mass is 410 g/mol. The second kappa shape index (κ2) is 8.69. The maximum absolute atomic E-state index is 12.6. The van der Waals surface area contributed by atoms with Crippen LogP contribution in [0.5, 0.6) is 5.88 Å². The molecule has 1 aromatic carbocycles. The molecule has 0 bridgehead atoms. The molecule has 3 aromatic rings. The van der Waals surface area contributed by atoms with Gasteiger partial charge in [-0.05, 0) is 49.4 Å². The molecule has 7 heteroatoms. The number of nitrogens with one attached hydrogen (secondary N) is 1. The van der Waals surface area contributed by atoms with Crippen molar-refractivity contribution in [2.45, 2.75) is 25.7 Å². The molecule has 0 spiro atoms. The van der Waals surface area contributed by atoms with E-state index in [2.05, 4.69) is 39.5 Å². The van der Waals surface area contributed by atoms with Crippen LogP contribution in [0.1, 0.15) is 34.5 Å². The molecule has 1 aliphatic heterocycles. The van der Waals surface area contributed by atoms with Crippen molar-refractivity contribution in [1.82, 2.24) is 10.3 Å². The quantitative estimate of drug-likeness (QED) is 0.645.